The number of nitrogens with two attached hydrogens (primary N) is 1. The third-order valence-corrected chi connectivity index (χ3v) is 1.60. The van der Waals surface area contributed by atoms with Gasteiger partial charge in [-0.15, -0.1) is 0 Å². The van der Waals surface area contributed by atoms with Crippen LogP contribution in [0.3, 0.4) is 0 Å². The second-order valence-corrected chi connectivity index (χ2v) is 3.01. The van der Waals surface area contributed by atoms with Crippen molar-refractivity contribution >= 4 is 5.71 Å². The Morgan fingerprint density at radius 2 is 1.90 bits per heavy atom. The van der Waals surface area contributed by atoms with Crippen molar-refractivity contribution in [1.82, 2.24) is 0 Å². The van der Waals surface area contributed by atoms with Crippen molar-refractivity contribution in [1.29, 1.82) is 0 Å². The van der Waals surface area contributed by atoms with Crippen LogP contribution < -0.4 is 5.73 Å². The maximum atomic E-state index is 5.41. The maximum absolute atomic E-state index is 5.41. The summed E-state index contributed by atoms with van der Waals surface area (Å²) in [5, 5.41) is 0. The van der Waals surface area contributed by atoms with E-state index >= 15 is 0 Å². The fourth-order valence-electron chi connectivity index (χ4n) is 0.549. The first-order valence-corrected chi connectivity index (χ1v) is 3.82. The van der Waals surface area contributed by atoms with E-state index in [1.54, 1.807) is 0 Å². The third-order valence-electron chi connectivity index (χ3n) is 1.60. The zero-order valence-corrected chi connectivity index (χ0v) is 7.39. The maximum Gasteiger partial charge on any atom is 0.0593 e. The minimum atomic E-state index is 0.280. The first-order chi connectivity index (χ1) is 4.57. The minimum Gasteiger partial charge on any atom is -0.328 e. The van der Waals surface area contributed by atoms with Crippen LogP contribution in [0.25, 0.3) is 0 Å². The van der Waals surface area contributed by atoms with Gasteiger partial charge in [0.05, 0.1) is 6.04 Å². The molecule has 0 heterocycles. The quantitative estimate of drug-likeness (QED) is 0.595. The summed E-state index contributed by atoms with van der Waals surface area (Å²) in [6.45, 7) is 9.01. The fourth-order valence-corrected chi connectivity index (χ4v) is 0.549. The van der Waals surface area contributed by atoms with Gasteiger partial charge in [0.2, 0.25) is 0 Å². The van der Waals surface area contributed by atoms with Crippen LogP contribution in [0.1, 0.15) is 27.7 Å². The zero-order valence-electron chi connectivity index (χ0n) is 7.39. The molecule has 0 rings (SSSR count). The molecule has 60 valence electrons. The molecule has 2 nitrogen and oxygen atoms in total. The summed E-state index contributed by atoms with van der Waals surface area (Å²) < 4.78 is 0. The lowest BCUT2D eigenvalue weighted by atomic mass is 10.1. The minimum absolute atomic E-state index is 0.280. The molecule has 0 aliphatic heterocycles. The van der Waals surface area contributed by atoms with Crippen LogP contribution in [0.4, 0.5) is 0 Å². The normalized spacial score (nSPS) is 16.0. The molecule has 0 aromatic rings. The highest BCUT2D eigenvalue weighted by Gasteiger charge is 1.99. The molecule has 0 aromatic heterocycles. The van der Waals surface area contributed by atoms with Gasteiger partial charge in [-0.25, -0.2) is 0 Å². The molecule has 0 bridgehead atoms. The molecule has 2 N–H and O–H groups in total. The summed E-state index contributed by atoms with van der Waals surface area (Å²) in [4.78, 5) is 4.39. The highest BCUT2D eigenvalue weighted by atomic mass is 14.8. The van der Waals surface area contributed by atoms with Crippen molar-refractivity contribution in [2.45, 2.75) is 33.7 Å². The van der Waals surface area contributed by atoms with Crippen LogP contribution >= 0.6 is 0 Å². The first-order valence-electron chi connectivity index (χ1n) is 3.82. The average molecular weight is 142 g/mol. The molecule has 0 saturated carbocycles. The topological polar surface area (TPSA) is 38.4 Å². The fraction of sp³-hybridized carbons (Fsp3) is 0.875. The summed E-state index contributed by atoms with van der Waals surface area (Å²) in [5.41, 5.74) is 6.61. The van der Waals surface area contributed by atoms with E-state index in [-0.39, 0.29) is 6.04 Å². The molecule has 0 amide bonds. The number of nitrogens with zero attached hydrogens (tertiary/aromatic N) is 1. The van der Waals surface area contributed by atoms with Crippen molar-refractivity contribution in [3.63, 3.8) is 0 Å². The Morgan fingerprint density at radius 1 is 1.40 bits per heavy atom. The van der Waals surface area contributed by atoms with Gasteiger partial charge in [-0.05, 0) is 19.8 Å². The monoisotopic (exact) mass is 142 g/mol. The summed E-state index contributed by atoms with van der Waals surface area (Å²) >= 11 is 0. The van der Waals surface area contributed by atoms with Crippen molar-refractivity contribution < 1.29 is 0 Å². The van der Waals surface area contributed by atoms with Gasteiger partial charge in [0.25, 0.3) is 0 Å². The summed E-state index contributed by atoms with van der Waals surface area (Å²) in [7, 11) is 0. The molecule has 2 heteroatoms. The first kappa shape index (κ1) is 9.63. The lowest BCUT2D eigenvalue weighted by Crippen LogP contribution is -2.17. The number of hydrogen-bond donors (Lipinski definition) is 1. The SMILES string of the molecule is CC(=NC(C)CN)C(C)C. The van der Waals surface area contributed by atoms with E-state index in [9.17, 15) is 0 Å². The molecule has 0 aliphatic rings. The molecule has 0 aromatic carbocycles. The lowest BCUT2D eigenvalue weighted by Gasteiger charge is -2.07. The van der Waals surface area contributed by atoms with Gasteiger partial charge in [-0.1, -0.05) is 13.8 Å². The van der Waals surface area contributed by atoms with Gasteiger partial charge in [-0.2, -0.15) is 0 Å². The molecule has 0 saturated heterocycles. The highest BCUT2D eigenvalue weighted by molar-refractivity contribution is 5.83. The van der Waals surface area contributed by atoms with Gasteiger partial charge in [-0.3, -0.25) is 4.99 Å². The van der Waals surface area contributed by atoms with Crippen LogP contribution in [0.2, 0.25) is 0 Å². The Morgan fingerprint density at radius 3 is 2.20 bits per heavy atom. The number of hydrogen-bond acceptors (Lipinski definition) is 2. The second-order valence-electron chi connectivity index (χ2n) is 3.01. The number of rotatable bonds is 3. The van der Waals surface area contributed by atoms with Crippen LogP contribution in [0, 0.1) is 5.92 Å². The number of aliphatic imine (C=N–C) groups is 1. The van der Waals surface area contributed by atoms with Gasteiger partial charge >= 0.3 is 0 Å². The largest absolute Gasteiger partial charge is 0.328 e. The standard InChI is InChI=1S/C8H18N2/c1-6(2)8(4)10-7(3)5-9/h6-7H,5,9H2,1-4H3. The molecule has 1 unspecified atom stereocenters. The van der Waals surface area contributed by atoms with E-state index in [1.807, 2.05) is 6.92 Å². The predicted molar refractivity (Wildman–Crippen MR) is 46.5 cm³/mol. The summed E-state index contributed by atoms with van der Waals surface area (Å²) in [6.07, 6.45) is 0. The molecular formula is C8H18N2. The highest BCUT2D eigenvalue weighted by Crippen LogP contribution is 1.98. The Kier molecular flexibility index (Phi) is 4.28. The molecule has 0 spiro atoms. The molecule has 0 radical (unpaired) electrons. The van der Waals surface area contributed by atoms with Crippen LogP contribution in [0.5, 0.6) is 0 Å². The Bertz CT molecular complexity index is 116. The van der Waals surface area contributed by atoms with Crippen LogP contribution in [0.15, 0.2) is 4.99 Å². The van der Waals surface area contributed by atoms with E-state index in [1.165, 1.54) is 5.71 Å². The van der Waals surface area contributed by atoms with Crippen molar-refractivity contribution in [2.24, 2.45) is 16.6 Å². The average Bonchev–Trinajstić information content (AvgIpc) is 1.87. The predicted octanol–water partition coefficient (Wildman–Crippen LogP) is 1.45. The van der Waals surface area contributed by atoms with Gasteiger partial charge in [0.1, 0.15) is 0 Å². The van der Waals surface area contributed by atoms with Crippen LogP contribution in [-0.4, -0.2) is 18.3 Å². The van der Waals surface area contributed by atoms with Gasteiger partial charge in [0, 0.05) is 12.3 Å². The zero-order chi connectivity index (χ0) is 8.15. The smallest absolute Gasteiger partial charge is 0.0593 e. The second kappa shape index (κ2) is 4.45. The Hall–Kier alpha value is -0.370. The van der Waals surface area contributed by atoms with E-state index in [4.69, 9.17) is 5.73 Å². The van der Waals surface area contributed by atoms with Crippen molar-refractivity contribution in [3.8, 4) is 0 Å². The molecule has 0 fully saturated rings. The van der Waals surface area contributed by atoms with Crippen LogP contribution in [-0.2, 0) is 0 Å². The van der Waals surface area contributed by atoms with E-state index < -0.39 is 0 Å². The van der Waals surface area contributed by atoms with E-state index in [0.29, 0.717) is 12.5 Å². The van der Waals surface area contributed by atoms with Gasteiger partial charge < -0.3 is 5.73 Å². The van der Waals surface area contributed by atoms with Crippen molar-refractivity contribution in [3.05, 3.63) is 0 Å². The molecule has 0 aliphatic carbocycles. The van der Waals surface area contributed by atoms with Gasteiger partial charge in [0.15, 0.2) is 0 Å². The Labute approximate surface area is 63.5 Å². The lowest BCUT2D eigenvalue weighted by molar-refractivity contribution is 0.736. The molecule has 10 heavy (non-hydrogen) atoms. The van der Waals surface area contributed by atoms with E-state index in [2.05, 4.69) is 25.8 Å². The summed E-state index contributed by atoms with van der Waals surface area (Å²) in [5.74, 6) is 0.550. The Balaban J connectivity index is 3.89. The molecular weight excluding hydrogens is 124 g/mol. The molecule has 1 atom stereocenters. The van der Waals surface area contributed by atoms with E-state index in [0.717, 1.165) is 0 Å². The summed E-state index contributed by atoms with van der Waals surface area (Å²) in [6, 6.07) is 0.280. The van der Waals surface area contributed by atoms with Crippen molar-refractivity contribution in [2.75, 3.05) is 6.54 Å². The third kappa shape index (κ3) is 3.62.